The van der Waals surface area contributed by atoms with Crippen LogP contribution in [0.4, 0.5) is 5.13 Å². The molecule has 3 rings (SSSR count). The van der Waals surface area contributed by atoms with Gasteiger partial charge in [0.05, 0.1) is 22.1 Å². The lowest BCUT2D eigenvalue weighted by molar-refractivity contribution is -0.116. The van der Waals surface area contributed by atoms with E-state index in [0.717, 1.165) is 22.6 Å². The van der Waals surface area contributed by atoms with Crippen molar-refractivity contribution < 1.29 is 4.79 Å². The summed E-state index contributed by atoms with van der Waals surface area (Å²) in [5, 5.41) is 10.1. The number of aromatic nitrogens is 3. The zero-order valence-corrected chi connectivity index (χ0v) is 14.3. The van der Waals surface area contributed by atoms with Crippen LogP contribution in [-0.4, -0.2) is 20.7 Å². The summed E-state index contributed by atoms with van der Waals surface area (Å²) in [5.74, 6) is -0.179. The van der Waals surface area contributed by atoms with Crippen molar-refractivity contribution >= 4 is 34.0 Å². The number of nitrogens with one attached hydrogen (secondary N) is 1. The average Bonchev–Trinajstić information content (AvgIpc) is 3.10. The number of aryl methyl sites for hydroxylation is 1. The molecular weight excluding hydrogens is 332 g/mol. The summed E-state index contributed by atoms with van der Waals surface area (Å²) in [5.41, 5.74) is 3.37. The Balaban J connectivity index is 1.69. The third kappa shape index (κ3) is 3.43. The number of carbonyl (C=O) groups is 1. The Morgan fingerprint density at radius 3 is 2.70 bits per heavy atom. The van der Waals surface area contributed by atoms with Gasteiger partial charge < -0.3 is 5.32 Å². The van der Waals surface area contributed by atoms with Crippen LogP contribution in [0, 0.1) is 13.8 Å². The van der Waals surface area contributed by atoms with E-state index in [-0.39, 0.29) is 12.5 Å². The lowest BCUT2D eigenvalue weighted by Crippen LogP contribution is -2.20. The molecule has 1 amide bonds. The fourth-order valence-corrected chi connectivity index (χ4v) is 3.07. The van der Waals surface area contributed by atoms with Crippen LogP contribution in [0.5, 0.6) is 0 Å². The van der Waals surface area contributed by atoms with Gasteiger partial charge in [-0.25, -0.2) is 4.98 Å². The monoisotopic (exact) mass is 346 g/mol. The molecule has 2 aromatic heterocycles. The molecule has 2 heterocycles. The largest absolute Gasteiger partial charge is 0.300 e. The molecule has 0 saturated carbocycles. The highest BCUT2D eigenvalue weighted by atomic mass is 35.5. The van der Waals surface area contributed by atoms with E-state index in [1.54, 1.807) is 4.68 Å². The maximum absolute atomic E-state index is 12.2. The van der Waals surface area contributed by atoms with E-state index in [1.165, 1.54) is 11.3 Å². The van der Waals surface area contributed by atoms with E-state index in [2.05, 4.69) is 15.4 Å². The molecule has 1 N–H and O–H groups in total. The number of hydrogen-bond donors (Lipinski definition) is 1. The molecule has 0 aliphatic heterocycles. The van der Waals surface area contributed by atoms with Gasteiger partial charge in [0.15, 0.2) is 5.13 Å². The van der Waals surface area contributed by atoms with Crippen LogP contribution in [0.3, 0.4) is 0 Å². The minimum Gasteiger partial charge on any atom is -0.300 e. The minimum atomic E-state index is -0.179. The zero-order chi connectivity index (χ0) is 16.4. The number of amides is 1. The maximum Gasteiger partial charge on any atom is 0.247 e. The van der Waals surface area contributed by atoms with Crippen LogP contribution in [0.25, 0.3) is 11.3 Å². The van der Waals surface area contributed by atoms with Crippen molar-refractivity contribution in [3.63, 3.8) is 0 Å². The number of benzene rings is 1. The quantitative estimate of drug-likeness (QED) is 0.779. The predicted octanol–water partition coefficient (Wildman–Crippen LogP) is 3.92. The molecule has 1 aromatic carbocycles. The molecule has 0 aliphatic carbocycles. The molecule has 0 fully saturated rings. The molecule has 3 aromatic rings. The Morgan fingerprint density at radius 1 is 1.30 bits per heavy atom. The summed E-state index contributed by atoms with van der Waals surface area (Å²) in [6.45, 7) is 3.77. The van der Waals surface area contributed by atoms with Crippen molar-refractivity contribution in [2.24, 2.45) is 0 Å². The second-order valence-corrected chi connectivity index (χ2v) is 6.33. The Labute approximate surface area is 142 Å². The van der Waals surface area contributed by atoms with Gasteiger partial charge in [0, 0.05) is 10.9 Å². The van der Waals surface area contributed by atoms with Crippen molar-refractivity contribution in [1.29, 1.82) is 0 Å². The number of thiazole rings is 1. The average molecular weight is 347 g/mol. The van der Waals surface area contributed by atoms with Gasteiger partial charge in [-0.1, -0.05) is 41.9 Å². The molecular formula is C16H15ClN4OS. The summed E-state index contributed by atoms with van der Waals surface area (Å²) < 4.78 is 1.60. The fraction of sp³-hybridized carbons (Fsp3) is 0.188. The lowest BCUT2D eigenvalue weighted by Gasteiger charge is -2.04. The fourth-order valence-electron chi connectivity index (χ4n) is 2.20. The molecule has 0 bridgehead atoms. The van der Waals surface area contributed by atoms with Gasteiger partial charge in [-0.15, -0.1) is 11.3 Å². The highest BCUT2D eigenvalue weighted by Gasteiger charge is 2.13. The van der Waals surface area contributed by atoms with Crippen LogP contribution >= 0.6 is 22.9 Å². The van der Waals surface area contributed by atoms with Crippen LogP contribution in [0.15, 0.2) is 35.7 Å². The van der Waals surface area contributed by atoms with Gasteiger partial charge in [0.2, 0.25) is 5.91 Å². The molecule has 0 spiro atoms. The van der Waals surface area contributed by atoms with Crippen molar-refractivity contribution in [3.8, 4) is 11.3 Å². The third-order valence-corrected chi connectivity index (χ3v) is 4.71. The number of nitrogens with zero attached hydrogens (tertiary/aromatic N) is 3. The smallest absolute Gasteiger partial charge is 0.247 e. The molecule has 0 radical (unpaired) electrons. The maximum atomic E-state index is 12.2. The van der Waals surface area contributed by atoms with Crippen LogP contribution < -0.4 is 5.32 Å². The zero-order valence-electron chi connectivity index (χ0n) is 12.7. The van der Waals surface area contributed by atoms with E-state index in [1.807, 2.05) is 49.6 Å². The summed E-state index contributed by atoms with van der Waals surface area (Å²) >= 11 is 7.48. The van der Waals surface area contributed by atoms with Crippen LogP contribution in [0.1, 0.15) is 11.4 Å². The third-order valence-electron chi connectivity index (χ3n) is 3.41. The van der Waals surface area contributed by atoms with E-state index in [0.29, 0.717) is 10.2 Å². The summed E-state index contributed by atoms with van der Waals surface area (Å²) in [7, 11) is 0. The van der Waals surface area contributed by atoms with Gasteiger partial charge in [-0.05, 0) is 13.8 Å². The van der Waals surface area contributed by atoms with Gasteiger partial charge in [0.25, 0.3) is 0 Å². The highest BCUT2D eigenvalue weighted by molar-refractivity contribution is 7.14. The highest BCUT2D eigenvalue weighted by Crippen LogP contribution is 2.24. The molecule has 0 aliphatic rings. The molecule has 118 valence electrons. The van der Waals surface area contributed by atoms with E-state index < -0.39 is 0 Å². The topological polar surface area (TPSA) is 59.8 Å². The van der Waals surface area contributed by atoms with Gasteiger partial charge in [-0.2, -0.15) is 5.10 Å². The second kappa shape index (κ2) is 6.52. The number of rotatable bonds is 4. The standard InChI is InChI=1S/C16H15ClN4OS/c1-10-15(17)11(2)21(20-10)8-14(22)19-16-18-13(9-23-16)12-6-4-3-5-7-12/h3-7,9H,8H2,1-2H3,(H,18,19,22). The molecule has 7 heteroatoms. The van der Waals surface area contributed by atoms with Crippen LogP contribution in [-0.2, 0) is 11.3 Å². The van der Waals surface area contributed by atoms with Gasteiger partial charge in [0.1, 0.15) is 6.54 Å². The first-order chi connectivity index (χ1) is 11.0. The molecule has 0 unspecified atom stereocenters. The van der Waals surface area contributed by atoms with Gasteiger partial charge >= 0.3 is 0 Å². The number of halogens is 1. The first-order valence-electron chi connectivity index (χ1n) is 7.05. The van der Waals surface area contributed by atoms with Crippen LogP contribution in [0.2, 0.25) is 5.02 Å². The minimum absolute atomic E-state index is 0.111. The SMILES string of the molecule is Cc1nn(CC(=O)Nc2nc(-c3ccccc3)cs2)c(C)c1Cl. The Bertz CT molecular complexity index is 841. The molecule has 23 heavy (non-hydrogen) atoms. The van der Waals surface area contributed by atoms with E-state index in [9.17, 15) is 4.79 Å². The van der Waals surface area contributed by atoms with Crippen molar-refractivity contribution in [3.05, 3.63) is 52.1 Å². The Kier molecular flexibility index (Phi) is 4.45. The molecule has 0 saturated heterocycles. The number of hydrogen-bond acceptors (Lipinski definition) is 4. The van der Waals surface area contributed by atoms with Crippen molar-refractivity contribution in [2.45, 2.75) is 20.4 Å². The first kappa shape index (κ1) is 15.7. The lowest BCUT2D eigenvalue weighted by atomic mass is 10.2. The van der Waals surface area contributed by atoms with E-state index in [4.69, 9.17) is 11.6 Å². The van der Waals surface area contributed by atoms with Crippen molar-refractivity contribution in [2.75, 3.05) is 5.32 Å². The number of carbonyl (C=O) groups excluding carboxylic acids is 1. The van der Waals surface area contributed by atoms with Crippen molar-refractivity contribution in [1.82, 2.24) is 14.8 Å². The Morgan fingerprint density at radius 2 is 2.04 bits per heavy atom. The number of anilines is 1. The van der Waals surface area contributed by atoms with E-state index >= 15 is 0 Å². The van der Waals surface area contributed by atoms with Gasteiger partial charge in [-0.3, -0.25) is 9.48 Å². The summed E-state index contributed by atoms with van der Waals surface area (Å²) in [6, 6.07) is 9.84. The second-order valence-electron chi connectivity index (χ2n) is 5.09. The first-order valence-corrected chi connectivity index (χ1v) is 8.30. The Hall–Kier alpha value is -2.18. The summed E-state index contributed by atoms with van der Waals surface area (Å²) in [4.78, 5) is 16.6. The molecule has 5 nitrogen and oxygen atoms in total. The normalized spacial score (nSPS) is 10.7. The molecule has 0 atom stereocenters. The predicted molar refractivity (Wildman–Crippen MR) is 92.9 cm³/mol. The summed E-state index contributed by atoms with van der Waals surface area (Å²) in [6.07, 6.45) is 0.